The van der Waals surface area contributed by atoms with Crippen molar-refractivity contribution < 1.29 is 8.42 Å². The van der Waals surface area contributed by atoms with E-state index in [1.165, 1.54) is 0 Å². The maximum Gasteiger partial charge on any atom is 0.193 e. The fourth-order valence-corrected chi connectivity index (χ4v) is 4.10. The fraction of sp³-hybridized carbons (Fsp3) is 0.474. The molecule has 8 heteroatoms. The van der Waals surface area contributed by atoms with Crippen LogP contribution in [0.3, 0.4) is 0 Å². The van der Waals surface area contributed by atoms with Crippen LogP contribution >= 0.6 is 0 Å². The number of hydrogen-bond donors (Lipinski definition) is 1. The first-order valence-electron chi connectivity index (χ1n) is 8.96. The molecule has 27 heavy (non-hydrogen) atoms. The first-order valence-corrected chi connectivity index (χ1v) is 10.6. The average Bonchev–Trinajstić information content (AvgIpc) is 3.00. The zero-order chi connectivity index (χ0) is 20.0. The summed E-state index contributed by atoms with van der Waals surface area (Å²) in [6.45, 7) is 5.17. The van der Waals surface area contributed by atoms with Gasteiger partial charge in [0.05, 0.1) is 16.3 Å². The third-order valence-corrected chi connectivity index (χ3v) is 5.95. The monoisotopic (exact) mass is 391 g/mol. The highest BCUT2D eigenvalue weighted by molar-refractivity contribution is 7.91. The minimum absolute atomic E-state index is 0.00795. The Morgan fingerprint density at radius 1 is 1.30 bits per heavy atom. The van der Waals surface area contributed by atoms with Crippen molar-refractivity contribution in [3.8, 4) is 0 Å². The highest BCUT2D eigenvalue weighted by Crippen LogP contribution is 2.18. The number of aliphatic imine (C=N–C) groups is 1. The molecule has 1 N–H and O–H groups in total. The second-order valence-electron chi connectivity index (χ2n) is 6.83. The van der Waals surface area contributed by atoms with Crippen molar-refractivity contribution >= 4 is 15.8 Å². The van der Waals surface area contributed by atoms with Gasteiger partial charge in [-0.1, -0.05) is 32.0 Å². The van der Waals surface area contributed by atoms with Gasteiger partial charge in [-0.05, 0) is 18.1 Å². The minimum atomic E-state index is -3.31. The Kier molecular flexibility index (Phi) is 7.01. The first kappa shape index (κ1) is 21.0. The predicted molar refractivity (Wildman–Crippen MR) is 109 cm³/mol. The Bertz CT molecular complexity index is 873. The Morgan fingerprint density at radius 2 is 1.96 bits per heavy atom. The zero-order valence-electron chi connectivity index (χ0n) is 16.7. The predicted octanol–water partition coefficient (Wildman–Crippen LogP) is 2.02. The molecule has 0 aliphatic heterocycles. The van der Waals surface area contributed by atoms with Gasteiger partial charge in [0.1, 0.15) is 0 Å². The van der Waals surface area contributed by atoms with Crippen LogP contribution in [0.4, 0.5) is 0 Å². The van der Waals surface area contributed by atoms with Crippen molar-refractivity contribution in [2.24, 2.45) is 12.0 Å². The third-order valence-electron chi connectivity index (χ3n) is 4.22. The van der Waals surface area contributed by atoms with Gasteiger partial charge in [-0.2, -0.15) is 5.10 Å². The summed E-state index contributed by atoms with van der Waals surface area (Å²) in [5, 5.41) is 7.67. The van der Waals surface area contributed by atoms with Gasteiger partial charge in [0.2, 0.25) is 0 Å². The number of nitrogens with zero attached hydrogens (tertiary/aromatic N) is 4. The number of benzene rings is 1. The van der Waals surface area contributed by atoms with Crippen molar-refractivity contribution in [3.05, 3.63) is 47.8 Å². The Morgan fingerprint density at radius 3 is 2.56 bits per heavy atom. The van der Waals surface area contributed by atoms with Crippen LogP contribution in [0, 0.1) is 0 Å². The van der Waals surface area contributed by atoms with Crippen LogP contribution < -0.4 is 5.32 Å². The Labute approximate surface area is 162 Å². The van der Waals surface area contributed by atoms with E-state index in [9.17, 15) is 8.42 Å². The lowest BCUT2D eigenvalue weighted by Gasteiger charge is -2.22. The molecular weight excluding hydrogens is 362 g/mol. The van der Waals surface area contributed by atoms with Crippen LogP contribution in [0.2, 0.25) is 0 Å². The molecule has 0 aliphatic rings. The van der Waals surface area contributed by atoms with E-state index in [1.807, 2.05) is 29.9 Å². The van der Waals surface area contributed by atoms with Gasteiger partial charge < -0.3 is 10.2 Å². The molecule has 0 spiro atoms. The van der Waals surface area contributed by atoms with Gasteiger partial charge in [0, 0.05) is 46.0 Å². The highest BCUT2D eigenvalue weighted by Gasteiger charge is 2.17. The van der Waals surface area contributed by atoms with Crippen molar-refractivity contribution in [2.45, 2.75) is 31.2 Å². The summed E-state index contributed by atoms with van der Waals surface area (Å²) < 4.78 is 26.6. The third kappa shape index (κ3) is 5.56. The number of aromatic nitrogens is 2. The zero-order valence-corrected chi connectivity index (χ0v) is 17.5. The van der Waals surface area contributed by atoms with E-state index in [-0.39, 0.29) is 12.3 Å². The molecule has 2 rings (SSSR count). The molecule has 0 amide bonds. The fourth-order valence-electron chi connectivity index (χ4n) is 2.92. The number of guanidine groups is 1. The molecule has 1 aromatic heterocycles. The SMILES string of the molecule is CN=C(NCCS(=O)(=O)c1ccccc1)N(C)Cc1cn(C)nc1C(C)C. The molecule has 0 saturated heterocycles. The molecular formula is C19H29N5O2S. The molecule has 0 fully saturated rings. The van der Waals surface area contributed by atoms with Gasteiger partial charge in [-0.25, -0.2) is 8.42 Å². The lowest BCUT2D eigenvalue weighted by atomic mass is 10.1. The maximum atomic E-state index is 12.4. The lowest BCUT2D eigenvalue weighted by molar-refractivity contribution is 0.475. The van der Waals surface area contributed by atoms with Gasteiger partial charge in [-0.3, -0.25) is 9.67 Å². The maximum absolute atomic E-state index is 12.4. The summed E-state index contributed by atoms with van der Waals surface area (Å²) in [5.41, 5.74) is 2.20. The molecule has 1 heterocycles. The van der Waals surface area contributed by atoms with Crippen molar-refractivity contribution in [1.82, 2.24) is 20.0 Å². The largest absolute Gasteiger partial charge is 0.355 e. The number of nitrogens with one attached hydrogen (secondary N) is 1. The van der Waals surface area contributed by atoms with Crippen molar-refractivity contribution in [3.63, 3.8) is 0 Å². The second-order valence-corrected chi connectivity index (χ2v) is 8.94. The highest BCUT2D eigenvalue weighted by atomic mass is 32.2. The van der Waals surface area contributed by atoms with Gasteiger partial charge >= 0.3 is 0 Å². The normalized spacial score (nSPS) is 12.4. The molecule has 2 aromatic rings. The molecule has 148 valence electrons. The second kappa shape index (κ2) is 9.03. The topological polar surface area (TPSA) is 79.6 Å². The minimum Gasteiger partial charge on any atom is -0.355 e. The molecule has 0 unspecified atom stereocenters. The number of hydrogen-bond acceptors (Lipinski definition) is 4. The lowest BCUT2D eigenvalue weighted by Crippen LogP contribution is -2.40. The summed E-state index contributed by atoms with van der Waals surface area (Å²) in [7, 11) is 2.22. The standard InChI is InChI=1S/C19H29N5O2S/c1-15(2)18-16(14-24(5)22-18)13-23(4)19(20-3)21-11-12-27(25,26)17-9-7-6-8-10-17/h6-10,14-15H,11-13H2,1-5H3,(H,20,21). The molecule has 0 atom stereocenters. The average molecular weight is 392 g/mol. The van der Waals surface area contributed by atoms with Gasteiger partial charge in [-0.15, -0.1) is 0 Å². The van der Waals surface area contributed by atoms with E-state index in [0.717, 1.165) is 11.3 Å². The van der Waals surface area contributed by atoms with E-state index in [2.05, 4.69) is 29.3 Å². The van der Waals surface area contributed by atoms with E-state index in [0.29, 0.717) is 23.3 Å². The van der Waals surface area contributed by atoms with Crippen LogP contribution in [0.25, 0.3) is 0 Å². The summed E-state index contributed by atoms with van der Waals surface area (Å²) in [6, 6.07) is 8.50. The Hall–Kier alpha value is -2.35. The summed E-state index contributed by atoms with van der Waals surface area (Å²) in [4.78, 5) is 6.58. The van der Waals surface area contributed by atoms with Crippen LogP contribution in [0.15, 0.2) is 46.4 Å². The number of rotatable bonds is 7. The molecule has 0 aliphatic carbocycles. The van der Waals surface area contributed by atoms with E-state index >= 15 is 0 Å². The molecule has 0 bridgehead atoms. The molecule has 7 nitrogen and oxygen atoms in total. The number of sulfone groups is 1. The van der Waals surface area contributed by atoms with Gasteiger partial charge in [0.25, 0.3) is 0 Å². The van der Waals surface area contributed by atoms with Crippen molar-refractivity contribution in [2.75, 3.05) is 26.4 Å². The summed E-state index contributed by atoms with van der Waals surface area (Å²) >= 11 is 0. The van der Waals surface area contributed by atoms with E-state index in [1.54, 1.807) is 37.4 Å². The first-order chi connectivity index (χ1) is 12.7. The van der Waals surface area contributed by atoms with Crippen LogP contribution in [0.1, 0.15) is 31.0 Å². The molecule has 0 radical (unpaired) electrons. The molecule has 1 aromatic carbocycles. The van der Waals surface area contributed by atoms with Crippen LogP contribution in [0.5, 0.6) is 0 Å². The summed E-state index contributed by atoms with van der Waals surface area (Å²) in [5.74, 6) is 0.992. The Balaban J connectivity index is 1.97. The quantitative estimate of drug-likeness (QED) is 0.577. The summed E-state index contributed by atoms with van der Waals surface area (Å²) in [6.07, 6.45) is 2.01. The van der Waals surface area contributed by atoms with Crippen LogP contribution in [-0.4, -0.2) is 55.5 Å². The smallest absolute Gasteiger partial charge is 0.193 e. The van der Waals surface area contributed by atoms with Crippen LogP contribution in [-0.2, 0) is 23.4 Å². The number of aryl methyl sites for hydroxylation is 1. The van der Waals surface area contributed by atoms with E-state index in [4.69, 9.17) is 0 Å². The molecule has 0 saturated carbocycles. The van der Waals surface area contributed by atoms with Gasteiger partial charge in [0.15, 0.2) is 15.8 Å². The van der Waals surface area contributed by atoms with Crippen molar-refractivity contribution in [1.29, 1.82) is 0 Å². The van der Waals surface area contributed by atoms with E-state index < -0.39 is 9.84 Å².